The van der Waals surface area contributed by atoms with Gasteiger partial charge in [-0.15, -0.1) is 0 Å². The lowest BCUT2D eigenvalue weighted by Crippen LogP contribution is -2.58. The van der Waals surface area contributed by atoms with E-state index in [9.17, 15) is 13.5 Å². The van der Waals surface area contributed by atoms with E-state index in [-0.39, 0.29) is 16.5 Å². The van der Waals surface area contributed by atoms with E-state index in [4.69, 9.17) is 0 Å². The molecular formula is C15H25N3O3S. The second-order valence-electron chi connectivity index (χ2n) is 6.79. The first-order valence-corrected chi connectivity index (χ1v) is 9.42. The van der Waals surface area contributed by atoms with Gasteiger partial charge in [-0.2, -0.15) is 4.31 Å². The summed E-state index contributed by atoms with van der Waals surface area (Å²) >= 11 is 0. The van der Waals surface area contributed by atoms with Crippen LogP contribution in [0, 0.1) is 18.3 Å². The SMILES string of the molecule is CCC1CC2(CCN(S(=O)(=O)c3cnc(C)n3C)CC2)C1O. The highest BCUT2D eigenvalue weighted by Gasteiger charge is 2.54. The maximum absolute atomic E-state index is 12.7. The third kappa shape index (κ3) is 2.21. The highest BCUT2D eigenvalue weighted by Crippen LogP contribution is 2.54. The monoisotopic (exact) mass is 327 g/mol. The van der Waals surface area contributed by atoms with Gasteiger partial charge in [-0.05, 0) is 37.5 Å². The molecule has 2 unspecified atom stereocenters. The van der Waals surface area contributed by atoms with Crippen molar-refractivity contribution >= 4 is 10.0 Å². The molecule has 1 aromatic heterocycles. The molecule has 3 rings (SSSR count). The summed E-state index contributed by atoms with van der Waals surface area (Å²) in [6.45, 7) is 4.87. The molecule has 6 nitrogen and oxygen atoms in total. The molecule has 124 valence electrons. The third-order valence-electron chi connectivity index (χ3n) is 5.77. The molecule has 2 fully saturated rings. The first kappa shape index (κ1) is 16.0. The molecular weight excluding hydrogens is 302 g/mol. The van der Waals surface area contributed by atoms with Gasteiger partial charge in [0.1, 0.15) is 5.82 Å². The fourth-order valence-corrected chi connectivity index (χ4v) is 5.58. The van der Waals surface area contributed by atoms with Gasteiger partial charge in [-0.25, -0.2) is 13.4 Å². The average Bonchev–Trinajstić information content (AvgIpc) is 2.85. The van der Waals surface area contributed by atoms with Crippen LogP contribution in [0.15, 0.2) is 11.2 Å². The predicted molar refractivity (Wildman–Crippen MR) is 82.8 cm³/mol. The van der Waals surface area contributed by atoms with Crippen molar-refractivity contribution in [2.75, 3.05) is 13.1 Å². The molecule has 1 N–H and O–H groups in total. The van der Waals surface area contributed by atoms with Crippen LogP contribution in [0.25, 0.3) is 0 Å². The molecule has 2 atom stereocenters. The Hall–Kier alpha value is -0.920. The van der Waals surface area contributed by atoms with Gasteiger partial charge in [0.25, 0.3) is 10.0 Å². The van der Waals surface area contributed by atoms with Crippen LogP contribution in [0.4, 0.5) is 0 Å². The molecule has 1 aliphatic carbocycles. The number of piperidine rings is 1. The normalized spacial score (nSPS) is 28.7. The van der Waals surface area contributed by atoms with E-state index in [1.54, 1.807) is 22.8 Å². The Labute approximate surface area is 132 Å². The first-order chi connectivity index (χ1) is 10.3. The van der Waals surface area contributed by atoms with Crippen molar-refractivity contribution in [2.45, 2.75) is 50.7 Å². The minimum atomic E-state index is -3.49. The summed E-state index contributed by atoms with van der Waals surface area (Å²) in [4.78, 5) is 4.08. The van der Waals surface area contributed by atoms with Gasteiger partial charge >= 0.3 is 0 Å². The molecule has 1 aliphatic heterocycles. The van der Waals surface area contributed by atoms with Crippen LogP contribution < -0.4 is 0 Å². The molecule has 0 radical (unpaired) electrons. The molecule has 1 saturated carbocycles. The molecule has 0 bridgehead atoms. The largest absolute Gasteiger partial charge is 0.392 e. The number of nitrogens with zero attached hydrogens (tertiary/aromatic N) is 3. The fraction of sp³-hybridized carbons (Fsp3) is 0.800. The summed E-state index contributed by atoms with van der Waals surface area (Å²) in [5.41, 5.74) is -0.0466. The van der Waals surface area contributed by atoms with Gasteiger partial charge < -0.3 is 9.67 Å². The fourth-order valence-electron chi connectivity index (χ4n) is 3.99. The van der Waals surface area contributed by atoms with Crippen LogP contribution >= 0.6 is 0 Å². The molecule has 0 aromatic carbocycles. The molecule has 7 heteroatoms. The standard InChI is InChI=1S/C15H25N3O3S/c1-4-12-9-15(14(12)19)5-7-18(8-6-15)22(20,21)13-10-16-11(2)17(13)3/h10,12,14,19H,4-9H2,1-3H3. The summed E-state index contributed by atoms with van der Waals surface area (Å²) < 4.78 is 28.6. The Kier molecular flexibility index (Phi) is 3.86. The van der Waals surface area contributed by atoms with Crippen molar-refractivity contribution < 1.29 is 13.5 Å². The Morgan fingerprint density at radius 2 is 2.05 bits per heavy atom. The molecule has 2 aliphatic rings. The maximum Gasteiger partial charge on any atom is 0.260 e. The van der Waals surface area contributed by atoms with Crippen LogP contribution in [0.2, 0.25) is 0 Å². The van der Waals surface area contributed by atoms with Gasteiger partial charge in [-0.1, -0.05) is 13.3 Å². The lowest BCUT2D eigenvalue weighted by atomic mass is 9.55. The van der Waals surface area contributed by atoms with E-state index >= 15 is 0 Å². The average molecular weight is 327 g/mol. The van der Waals surface area contributed by atoms with Gasteiger partial charge in [0, 0.05) is 20.1 Å². The Morgan fingerprint density at radius 1 is 1.41 bits per heavy atom. The van der Waals surface area contributed by atoms with Gasteiger partial charge in [0.15, 0.2) is 5.03 Å². The van der Waals surface area contributed by atoms with Crippen molar-refractivity contribution in [1.82, 2.24) is 13.9 Å². The van der Waals surface area contributed by atoms with Crippen LogP contribution in [0.3, 0.4) is 0 Å². The number of aryl methyl sites for hydroxylation is 1. The highest BCUT2D eigenvalue weighted by atomic mass is 32.2. The molecule has 22 heavy (non-hydrogen) atoms. The molecule has 0 amide bonds. The summed E-state index contributed by atoms with van der Waals surface area (Å²) in [7, 11) is -1.77. The van der Waals surface area contributed by atoms with Gasteiger partial charge in [0.2, 0.25) is 0 Å². The first-order valence-electron chi connectivity index (χ1n) is 7.98. The van der Waals surface area contributed by atoms with Gasteiger partial charge in [0.05, 0.1) is 12.3 Å². The number of aliphatic hydroxyl groups is 1. The number of hydrogen-bond donors (Lipinski definition) is 1. The van der Waals surface area contributed by atoms with Crippen molar-refractivity contribution in [3.8, 4) is 0 Å². The lowest BCUT2D eigenvalue weighted by molar-refractivity contribution is -0.142. The highest BCUT2D eigenvalue weighted by molar-refractivity contribution is 7.89. The van der Waals surface area contributed by atoms with Crippen molar-refractivity contribution in [2.24, 2.45) is 18.4 Å². The van der Waals surface area contributed by atoms with Crippen LogP contribution in [0.5, 0.6) is 0 Å². The molecule has 1 aromatic rings. The van der Waals surface area contributed by atoms with E-state index in [1.165, 1.54) is 6.20 Å². The second-order valence-corrected chi connectivity index (χ2v) is 8.67. The topological polar surface area (TPSA) is 75.4 Å². The number of hydrogen-bond acceptors (Lipinski definition) is 4. The lowest BCUT2D eigenvalue weighted by Gasteiger charge is -2.56. The minimum Gasteiger partial charge on any atom is -0.392 e. The van der Waals surface area contributed by atoms with Crippen LogP contribution in [0.1, 0.15) is 38.4 Å². The number of aromatic nitrogens is 2. The smallest absolute Gasteiger partial charge is 0.260 e. The van der Waals surface area contributed by atoms with E-state index in [2.05, 4.69) is 11.9 Å². The van der Waals surface area contributed by atoms with Crippen molar-refractivity contribution in [1.29, 1.82) is 0 Å². The Bertz CT molecular complexity index is 660. The minimum absolute atomic E-state index is 0.0466. The summed E-state index contributed by atoms with van der Waals surface area (Å²) in [6, 6.07) is 0. The summed E-state index contributed by atoms with van der Waals surface area (Å²) in [5.74, 6) is 1.08. The quantitative estimate of drug-likeness (QED) is 0.908. The van der Waals surface area contributed by atoms with Crippen LogP contribution in [-0.4, -0.2) is 46.6 Å². The number of sulfonamides is 1. The zero-order valence-electron chi connectivity index (χ0n) is 13.5. The van der Waals surface area contributed by atoms with Crippen molar-refractivity contribution in [3.05, 3.63) is 12.0 Å². The summed E-state index contributed by atoms with van der Waals surface area (Å²) in [5, 5.41) is 10.6. The van der Waals surface area contributed by atoms with E-state index in [1.807, 2.05) is 0 Å². The van der Waals surface area contributed by atoms with E-state index in [0.717, 1.165) is 25.7 Å². The third-order valence-corrected chi connectivity index (χ3v) is 7.72. The van der Waals surface area contributed by atoms with E-state index in [0.29, 0.717) is 24.8 Å². The van der Waals surface area contributed by atoms with Crippen molar-refractivity contribution in [3.63, 3.8) is 0 Å². The molecule has 1 saturated heterocycles. The number of aliphatic hydroxyl groups excluding tert-OH is 1. The Balaban J connectivity index is 1.73. The van der Waals surface area contributed by atoms with Gasteiger partial charge in [-0.3, -0.25) is 0 Å². The number of imidazole rings is 1. The molecule has 1 spiro atoms. The zero-order valence-corrected chi connectivity index (χ0v) is 14.3. The molecule has 2 heterocycles. The predicted octanol–water partition coefficient (Wildman–Crippen LogP) is 1.29. The van der Waals surface area contributed by atoms with Crippen LogP contribution in [-0.2, 0) is 17.1 Å². The Morgan fingerprint density at radius 3 is 2.50 bits per heavy atom. The van der Waals surface area contributed by atoms with E-state index < -0.39 is 10.0 Å². The zero-order chi connectivity index (χ0) is 16.1. The summed E-state index contributed by atoms with van der Waals surface area (Å²) in [6.07, 6.45) is 4.70. The maximum atomic E-state index is 12.7. The number of rotatable bonds is 3. The second kappa shape index (κ2) is 5.32.